The average Bonchev–Trinajstić information content (AvgIpc) is 2.80. The van der Waals surface area contributed by atoms with Crippen molar-refractivity contribution in [2.45, 2.75) is 83.8 Å². The topological polar surface area (TPSA) is 60.7 Å². The van der Waals surface area contributed by atoms with Gasteiger partial charge in [-0.3, -0.25) is 0 Å². The molecule has 0 unspecified atom stereocenters. The molecular weight excluding hydrogens is 300 g/mol. The monoisotopic (exact) mass is 336 g/mol. The third-order valence-electron chi connectivity index (χ3n) is 9.73. The average molecular weight is 337 g/mol. The van der Waals surface area contributed by atoms with Crippen molar-refractivity contribution in [2.24, 2.45) is 40.4 Å². The summed E-state index contributed by atoms with van der Waals surface area (Å²) in [5, 5.41) is 31.9. The van der Waals surface area contributed by atoms with E-state index in [-0.39, 0.29) is 23.5 Å². The molecule has 4 fully saturated rings. The van der Waals surface area contributed by atoms with Gasteiger partial charge in [0, 0.05) is 6.61 Å². The molecule has 0 amide bonds. The first-order valence-corrected chi connectivity index (χ1v) is 10.3. The van der Waals surface area contributed by atoms with Crippen LogP contribution in [0.4, 0.5) is 0 Å². The highest BCUT2D eigenvalue weighted by Gasteiger charge is 2.64. The van der Waals surface area contributed by atoms with Crippen molar-refractivity contribution < 1.29 is 15.3 Å². The van der Waals surface area contributed by atoms with E-state index in [1.807, 2.05) is 0 Å². The van der Waals surface area contributed by atoms with Crippen molar-refractivity contribution in [2.75, 3.05) is 6.61 Å². The SMILES string of the molecule is C[C@@H]1[C@@H](O)CC[C@@]2(CO)[C@H]1CC[C@@H]1[C@@H]2CC[C@@]2(C)[C@H]1CC[C@]2(C)O. The van der Waals surface area contributed by atoms with Gasteiger partial charge in [0.1, 0.15) is 0 Å². The Morgan fingerprint density at radius 3 is 2.29 bits per heavy atom. The number of hydrogen-bond acceptors (Lipinski definition) is 3. The minimum atomic E-state index is -0.526. The molecule has 4 rings (SSSR count). The Balaban J connectivity index is 1.68. The summed E-state index contributed by atoms with van der Waals surface area (Å²) in [5.41, 5.74) is -0.448. The fourth-order valence-corrected chi connectivity index (χ4v) is 8.00. The van der Waals surface area contributed by atoms with E-state index in [4.69, 9.17) is 0 Å². The highest BCUT2D eigenvalue weighted by molar-refractivity contribution is 5.14. The van der Waals surface area contributed by atoms with Gasteiger partial charge in [-0.25, -0.2) is 0 Å². The van der Waals surface area contributed by atoms with Crippen LogP contribution in [0.25, 0.3) is 0 Å². The molecule has 0 spiro atoms. The van der Waals surface area contributed by atoms with Gasteiger partial charge in [0.05, 0.1) is 11.7 Å². The molecule has 24 heavy (non-hydrogen) atoms. The Bertz CT molecular complexity index is 503. The van der Waals surface area contributed by atoms with Crippen LogP contribution >= 0.6 is 0 Å². The lowest BCUT2D eigenvalue weighted by molar-refractivity contribution is -0.185. The first-order valence-electron chi connectivity index (χ1n) is 10.3. The molecule has 0 aromatic heterocycles. The third-order valence-corrected chi connectivity index (χ3v) is 9.73. The quantitative estimate of drug-likeness (QED) is 0.688. The van der Waals surface area contributed by atoms with Gasteiger partial charge < -0.3 is 15.3 Å². The van der Waals surface area contributed by atoms with Crippen molar-refractivity contribution in [1.29, 1.82) is 0 Å². The molecule has 0 radical (unpaired) electrons. The van der Waals surface area contributed by atoms with Crippen molar-refractivity contribution in [3.8, 4) is 0 Å². The second-order valence-electron chi connectivity index (χ2n) is 10.2. The molecule has 0 aliphatic heterocycles. The maximum Gasteiger partial charge on any atom is 0.0675 e. The molecule has 4 aliphatic carbocycles. The Morgan fingerprint density at radius 1 is 0.875 bits per heavy atom. The van der Waals surface area contributed by atoms with Gasteiger partial charge in [0.2, 0.25) is 0 Å². The number of hydrogen-bond donors (Lipinski definition) is 3. The zero-order chi connectivity index (χ0) is 17.3. The molecule has 3 N–H and O–H groups in total. The number of aliphatic hydroxyl groups is 3. The van der Waals surface area contributed by atoms with Crippen LogP contribution in [0, 0.1) is 40.4 Å². The van der Waals surface area contributed by atoms with E-state index in [1.165, 1.54) is 6.42 Å². The number of rotatable bonds is 1. The summed E-state index contributed by atoms with van der Waals surface area (Å²) in [6, 6.07) is 0. The van der Waals surface area contributed by atoms with Gasteiger partial charge in [-0.15, -0.1) is 0 Å². The Kier molecular flexibility index (Phi) is 3.92. The van der Waals surface area contributed by atoms with E-state index in [0.29, 0.717) is 29.6 Å². The molecule has 138 valence electrons. The van der Waals surface area contributed by atoms with E-state index < -0.39 is 5.60 Å². The summed E-state index contributed by atoms with van der Waals surface area (Å²) >= 11 is 0. The summed E-state index contributed by atoms with van der Waals surface area (Å²) in [4.78, 5) is 0. The van der Waals surface area contributed by atoms with Gasteiger partial charge in [-0.2, -0.15) is 0 Å². The van der Waals surface area contributed by atoms with Crippen LogP contribution in [-0.2, 0) is 0 Å². The lowest BCUT2D eigenvalue weighted by Gasteiger charge is -2.63. The van der Waals surface area contributed by atoms with E-state index in [2.05, 4.69) is 20.8 Å². The predicted octanol–water partition coefficient (Wildman–Crippen LogP) is 3.36. The van der Waals surface area contributed by atoms with Gasteiger partial charge in [-0.05, 0) is 98.7 Å². The van der Waals surface area contributed by atoms with E-state index in [0.717, 1.165) is 44.9 Å². The summed E-state index contributed by atoms with van der Waals surface area (Å²) in [6.45, 7) is 6.87. The number of fused-ring (bicyclic) bond motifs is 5. The highest BCUT2D eigenvalue weighted by Crippen LogP contribution is 2.68. The van der Waals surface area contributed by atoms with Crippen LogP contribution < -0.4 is 0 Å². The van der Waals surface area contributed by atoms with Crippen molar-refractivity contribution in [3.63, 3.8) is 0 Å². The van der Waals surface area contributed by atoms with Crippen LogP contribution in [0.5, 0.6) is 0 Å². The normalized spacial score (nSPS) is 60.2. The molecule has 3 nitrogen and oxygen atoms in total. The first-order chi connectivity index (χ1) is 11.3. The van der Waals surface area contributed by atoms with E-state index in [1.54, 1.807) is 0 Å². The van der Waals surface area contributed by atoms with E-state index in [9.17, 15) is 15.3 Å². The molecule has 4 saturated carbocycles. The molecule has 0 saturated heterocycles. The summed E-state index contributed by atoms with van der Waals surface area (Å²) in [5.74, 6) is 2.63. The van der Waals surface area contributed by atoms with Crippen molar-refractivity contribution >= 4 is 0 Å². The van der Waals surface area contributed by atoms with Crippen LogP contribution in [0.1, 0.15) is 72.1 Å². The smallest absolute Gasteiger partial charge is 0.0675 e. The molecule has 0 heterocycles. The van der Waals surface area contributed by atoms with Crippen LogP contribution in [0.15, 0.2) is 0 Å². The van der Waals surface area contributed by atoms with Crippen LogP contribution in [0.3, 0.4) is 0 Å². The maximum atomic E-state index is 11.0. The summed E-state index contributed by atoms with van der Waals surface area (Å²) < 4.78 is 0. The molecule has 9 atom stereocenters. The van der Waals surface area contributed by atoms with Gasteiger partial charge >= 0.3 is 0 Å². The Morgan fingerprint density at radius 2 is 1.58 bits per heavy atom. The predicted molar refractivity (Wildman–Crippen MR) is 94.3 cm³/mol. The summed E-state index contributed by atoms with van der Waals surface area (Å²) in [6.07, 6.45) is 8.34. The summed E-state index contributed by atoms with van der Waals surface area (Å²) in [7, 11) is 0. The zero-order valence-corrected chi connectivity index (χ0v) is 15.7. The second kappa shape index (κ2) is 5.44. The Labute approximate surface area is 146 Å². The van der Waals surface area contributed by atoms with Crippen molar-refractivity contribution in [1.82, 2.24) is 0 Å². The zero-order valence-electron chi connectivity index (χ0n) is 15.7. The molecule has 3 heteroatoms. The molecular formula is C21H36O3. The lowest BCUT2D eigenvalue weighted by atomic mass is 9.43. The lowest BCUT2D eigenvalue weighted by Crippen LogP contribution is -2.60. The number of aliphatic hydroxyl groups excluding tert-OH is 2. The largest absolute Gasteiger partial charge is 0.396 e. The van der Waals surface area contributed by atoms with Crippen molar-refractivity contribution in [3.05, 3.63) is 0 Å². The fraction of sp³-hybridized carbons (Fsp3) is 1.00. The molecule has 0 aromatic carbocycles. The highest BCUT2D eigenvalue weighted by atomic mass is 16.3. The molecule has 4 aliphatic rings. The minimum absolute atomic E-state index is 0.0251. The van der Waals surface area contributed by atoms with Gasteiger partial charge in [0.25, 0.3) is 0 Å². The standard InChI is InChI=1S/C21H36O3/c1-13-15-5-4-14-16-7-10-20(3,24)19(16,2)9-6-17(14)21(15,12-22)11-8-18(13)23/h13-18,22-24H,4-12H2,1-3H3/t13-,14-,15-,16-,17-,18-,19-,20-,21+/m0/s1. The van der Waals surface area contributed by atoms with Crippen LogP contribution in [-0.4, -0.2) is 33.6 Å². The minimum Gasteiger partial charge on any atom is -0.396 e. The molecule has 0 aromatic rings. The maximum absolute atomic E-state index is 11.0. The third kappa shape index (κ3) is 2.01. The van der Waals surface area contributed by atoms with Crippen LogP contribution in [0.2, 0.25) is 0 Å². The van der Waals surface area contributed by atoms with E-state index >= 15 is 0 Å². The molecule has 0 bridgehead atoms. The fourth-order valence-electron chi connectivity index (χ4n) is 8.00. The Hall–Kier alpha value is -0.120. The second-order valence-corrected chi connectivity index (χ2v) is 10.2. The van der Waals surface area contributed by atoms with Gasteiger partial charge in [0.15, 0.2) is 0 Å². The first kappa shape index (κ1) is 17.3. The van der Waals surface area contributed by atoms with Gasteiger partial charge in [-0.1, -0.05) is 13.8 Å².